The summed E-state index contributed by atoms with van der Waals surface area (Å²) in [6.45, 7) is 7.83. The van der Waals surface area contributed by atoms with Gasteiger partial charge in [0.15, 0.2) is 5.78 Å². The van der Waals surface area contributed by atoms with Crippen LogP contribution in [0.1, 0.15) is 36.7 Å². The number of benzene rings is 1. The first kappa shape index (κ1) is 15.2. The standard InChI is InChI=1S/C16H20N2O3/c1-9(2)8-21-16-17-14-12(11(4)19)6-10(3)7-13(14)15(20)18(16)5/h6-7,9H,8H2,1-5H3. The van der Waals surface area contributed by atoms with E-state index in [1.165, 1.54) is 11.5 Å². The second kappa shape index (κ2) is 5.68. The molecule has 0 aliphatic carbocycles. The van der Waals surface area contributed by atoms with E-state index in [-0.39, 0.29) is 17.4 Å². The molecule has 0 spiro atoms. The third kappa shape index (κ3) is 2.96. The Labute approximate surface area is 123 Å². The van der Waals surface area contributed by atoms with Crippen molar-refractivity contribution < 1.29 is 9.53 Å². The SMILES string of the molecule is CC(=O)c1cc(C)cc2c(=O)n(C)c(OCC(C)C)nc12. The maximum Gasteiger partial charge on any atom is 0.299 e. The normalized spacial score (nSPS) is 11.1. The number of aryl methyl sites for hydroxylation is 1. The summed E-state index contributed by atoms with van der Waals surface area (Å²) < 4.78 is 6.98. The van der Waals surface area contributed by atoms with Crippen molar-refractivity contribution in [1.29, 1.82) is 0 Å². The van der Waals surface area contributed by atoms with E-state index in [0.29, 0.717) is 29.0 Å². The fourth-order valence-corrected chi connectivity index (χ4v) is 2.14. The predicted molar refractivity (Wildman–Crippen MR) is 82.1 cm³/mol. The highest BCUT2D eigenvalue weighted by Gasteiger charge is 2.15. The predicted octanol–water partition coefficient (Wildman–Crippen LogP) is 2.48. The Bertz CT molecular complexity index is 760. The Balaban J connectivity index is 2.73. The topological polar surface area (TPSA) is 61.2 Å². The summed E-state index contributed by atoms with van der Waals surface area (Å²) in [5, 5.41) is 0.444. The monoisotopic (exact) mass is 288 g/mol. The van der Waals surface area contributed by atoms with Gasteiger partial charge >= 0.3 is 0 Å². The van der Waals surface area contributed by atoms with Crippen LogP contribution in [-0.4, -0.2) is 21.9 Å². The Morgan fingerprint density at radius 1 is 1.38 bits per heavy atom. The molecule has 1 aromatic carbocycles. The second-order valence-electron chi connectivity index (χ2n) is 5.73. The maximum atomic E-state index is 12.5. The van der Waals surface area contributed by atoms with Crippen molar-refractivity contribution in [1.82, 2.24) is 9.55 Å². The van der Waals surface area contributed by atoms with Crippen molar-refractivity contribution in [3.8, 4) is 6.01 Å². The van der Waals surface area contributed by atoms with Crippen LogP contribution >= 0.6 is 0 Å². The number of carbonyl (C=O) groups is 1. The van der Waals surface area contributed by atoms with Crippen LogP contribution in [0.2, 0.25) is 0 Å². The summed E-state index contributed by atoms with van der Waals surface area (Å²) in [6.07, 6.45) is 0. The first-order valence-electron chi connectivity index (χ1n) is 6.96. The van der Waals surface area contributed by atoms with Gasteiger partial charge in [0.1, 0.15) is 0 Å². The number of ether oxygens (including phenoxy) is 1. The highest BCUT2D eigenvalue weighted by molar-refractivity contribution is 6.05. The summed E-state index contributed by atoms with van der Waals surface area (Å²) in [6, 6.07) is 3.75. The molecule has 2 rings (SSSR count). The van der Waals surface area contributed by atoms with Gasteiger partial charge in [-0.25, -0.2) is 0 Å². The van der Waals surface area contributed by atoms with E-state index in [4.69, 9.17) is 4.74 Å². The lowest BCUT2D eigenvalue weighted by atomic mass is 10.0. The highest BCUT2D eigenvalue weighted by Crippen LogP contribution is 2.20. The van der Waals surface area contributed by atoms with Crippen molar-refractivity contribution in [2.24, 2.45) is 13.0 Å². The van der Waals surface area contributed by atoms with Gasteiger partial charge in [0, 0.05) is 12.6 Å². The number of fused-ring (bicyclic) bond motifs is 1. The summed E-state index contributed by atoms with van der Waals surface area (Å²) in [5.74, 6) is 0.210. The van der Waals surface area contributed by atoms with E-state index in [1.807, 2.05) is 20.8 Å². The first-order valence-corrected chi connectivity index (χ1v) is 6.96. The summed E-state index contributed by atoms with van der Waals surface area (Å²) >= 11 is 0. The average molecular weight is 288 g/mol. The van der Waals surface area contributed by atoms with Gasteiger partial charge in [-0.1, -0.05) is 13.8 Å². The van der Waals surface area contributed by atoms with E-state index in [1.54, 1.807) is 19.2 Å². The van der Waals surface area contributed by atoms with Crippen LogP contribution in [-0.2, 0) is 7.05 Å². The molecular weight excluding hydrogens is 268 g/mol. The van der Waals surface area contributed by atoms with Crippen LogP contribution < -0.4 is 10.3 Å². The highest BCUT2D eigenvalue weighted by atomic mass is 16.5. The minimum absolute atomic E-state index is 0.112. The minimum atomic E-state index is -0.204. The van der Waals surface area contributed by atoms with Gasteiger partial charge in [-0.3, -0.25) is 14.2 Å². The number of aromatic nitrogens is 2. The lowest BCUT2D eigenvalue weighted by molar-refractivity contribution is 0.101. The average Bonchev–Trinajstić information content (AvgIpc) is 2.40. The van der Waals surface area contributed by atoms with Crippen LogP contribution in [0.3, 0.4) is 0 Å². The van der Waals surface area contributed by atoms with Crippen molar-refractivity contribution in [3.63, 3.8) is 0 Å². The molecule has 0 aliphatic heterocycles. The number of hydrogen-bond acceptors (Lipinski definition) is 4. The van der Waals surface area contributed by atoms with Gasteiger partial charge in [-0.15, -0.1) is 0 Å². The minimum Gasteiger partial charge on any atom is -0.464 e. The molecule has 0 unspecified atom stereocenters. The van der Waals surface area contributed by atoms with E-state index < -0.39 is 0 Å². The molecule has 5 heteroatoms. The Hall–Kier alpha value is -2.17. The van der Waals surface area contributed by atoms with E-state index in [0.717, 1.165) is 5.56 Å². The van der Waals surface area contributed by atoms with Crippen LogP contribution in [0.5, 0.6) is 6.01 Å². The number of nitrogens with zero attached hydrogens (tertiary/aromatic N) is 2. The molecule has 0 fully saturated rings. The second-order valence-corrected chi connectivity index (χ2v) is 5.73. The third-order valence-corrected chi connectivity index (χ3v) is 3.21. The molecule has 0 bridgehead atoms. The molecule has 0 atom stereocenters. The van der Waals surface area contributed by atoms with Crippen molar-refractivity contribution in [2.75, 3.05) is 6.61 Å². The van der Waals surface area contributed by atoms with Crippen LogP contribution in [0.15, 0.2) is 16.9 Å². The fraction of sp³-hybridized carbons (Fsp3) is 0.438. The van der Waals surface area contributed by atoms with E-state index in [2.05, 4.69) is 4.98 Å². The summed E-state index contributed by atoms with van der Waals surface area (Å²) in [5.41, 5.74) is 1.53. The van der Waals surface area contributed by atoms with Gasteiger partial charge in [0.2, 0.25) is 0 Å². The smallest absolute Gasteiger partial charge is 0.299 e. The molecule has 112 valence electrons. The molecule has 0 saturated carbocycles. The first-order chi connectivity index (χ1) is 9.81. The molecule has 0 aliphatic rings. The molecule has 1 aromatic heterocycles. The molecule has 0 saturated heterocycles. The van der Waals surface area contributed by atoms with Gasteiger partial charge in [0.25, 0.3) is 11.6 Å². The molecule has 0 N–H and O–H groups in total. The quantitative estimate of drug-likeness (QED) is 0.811. The number of carbonyl (C=O) groups excluding carboxylic acids is 1. The van der Waals surface area contributed by atoms with E-state index >= 15 is 0 Å². The maximum absolute atomic E-state index is 12.5. The Morgan fingerprint density at radius 3 is 2.62 bits per heavy atom. The third-order valence-electron chi connectivity index (χ3n) is 3.21. The molecule has 0 amide bonds. The zero-order valence-electron chi connectivity index (χ0n) is 13.1. The van der Waals surface area contributed by atoms with Gasteiger partial charge in [-0.2, -0.15) is 4.98 Å². The number of ketones is 1. The number of rotatable bonds is 4. The molecular formula is C16H20N2O3. The van der Waals surface area contributed by atoms with Crippen molar-refractivity contribution in [2.45, 2.75) is 27.7 Å². The molecule has 21 heavy (non-hydrogen) atoms. The lowest BCUT2D eigenvalue weighted by Crippen LogP contribution is -2.22. The lowest BCUT2D eigenvalue weighted by Gasteiger charge is -2.13. The largest absolute Gasteiger partial charge is 0.464 e. The summed E-state index contributed by atoms with van der Waals surface area (Å²) in [7, 11) is 1.63. The number of hydrogen-bond donors (Lipinski definition) is 0. The van der Waals surface area contributed by atoms with Crippen LogP contribution in [0.25, 0.3) is 10.9 Å². The molecule has 1 heterocycles. The Morgan fingerprint density at radius 2 is 2.05 bits per heavy atom. The van der Waals surface area contributed by atoms with Crippen molar-refractivity contribution in [3.05, 3.63) is 33.6 Å². The Kier molecular flexibility index (Phi) is 4.11. The zero-order chi connectivity index (χ0) is 15.7. The fourth-order valence-electron chi connectivity index (χ4n) is 2.14. The van der Waals surface area contributed by atoms with E-state index in [9.17, 15) is 9.59 Å². The molecule has 0 radical (unpaired) electrons. The van der Waals surface area contributed by atoms with Crippen molar-refractivity contribution >= 4 is 16.7 Å². The van der Waals surface area contributed by atoms with Crippen LogP contribution in [0.4, 0.5) is 0 Å². The zero-order valence-corrected chi connectivity index (χ0v) is 13.1. The van der Waals surface area contributed by atoms with Gasteiger partial charge < -0.3 is 4.74 Å². The van der Waals surface area contributed by atoms with Gasteiger partial charge in [-0.05, 0) is 37.5 Å². The summed E-state index contributed by atoms with van der Waals surface area (Å²) in [4.78, 5) is 28.6. The molecule has 2 aromatic rings. The molecule has 5 nitrogen and oxygen atoms in total. The van der Waals surface area contributed by atoms with Crippen LogP contribution in [0, 0.1) is 12.8 Å². The van der Waals surface area contributed by atoms with Gasteiger partial charge in [0.05, 0.1) is 17.5 Å². The number of Topliss-reactive ketones (excluding diaryl/α,β-unsaturated/α-hetero) is 1.